The Morgan fingerprint density at radius 3 is 2.75 bits per heavy atom. The number of hydrogen-bond acceptors (Lipinski definition) is 5. The third-order valence-corrected chi connectivity index (χ3v) is 4.71. The Balaban J connectivity index is 2.04. The van der Waals surface area contributed by atoms with E-state index in [-0.39, 0.29) is 21.1 Å². The van der Waals surface area contributed by atoms with E-state index in [0.29, 0.717) is 6.07 Å². The largest absolute Gasteiger partial charge is 0.479 e. The van der Waals surface area contributed by atoms with Gasteiger partial charge in [0, 0.05) is 17.6 Å². The first-order chi connectivity index (χ1) is 11.3. The molecule has 3 aromatic rings. The third kappa shape index (κ3) is 2.85. The van der Waals surface area contributed by atoms with Gasteiger partial charge >= 0.3 is 0 Å². The Kier molecular flexibility index (Phi) is 4.01. The first-order valence-corrected chi connectivity index (χ1v) is 8.24. The molecule has 11 heteroatoms. The molecule has 0 amide bonds. The summed E-state index contributed by atoms with van der Waals surface area (Å²) in [5, 5.41) is 0.419. The molecule has 0 aliphatic carbocycles. The summed E-state index contributed by atoms with van der Waals surface area (Å²) in [6, 6.07) is 3.49. The Hall–Kier alpha value is -2.46. The van der Waals surface area contributed by atoms with Crippen LogP contribution in [0.4, 0.5) is 14.5 Å². The number of anilines is 1. The van der Waals surface area contributed by atoms with Crippen LogP contribution >= 0.6 is 11.6 Å². The van der Waals surface area contributed by atoms with Crippen molar-refractivity contribution in [3.63, 3.8) is 0 Å². The van der Waals surface area contributed by atoms with Crippen LogP contribution in [0.25, 0.3) is 11.0 Å². The highest BCUT2D eigenvalue weighted by Gasteiger charge is 2.23. The van der Waals surface area contributed by atoms with Crippen LogP contribution in [0.3, 0.4) is 0 Å². The van der Waals surface area contributed by atoms with Crippen molar-refractivity contribution in [2.75, 3.05) is 11.8 Å². The van der Waals surface area contributed by atoms with Crippen LogP contribution in [0.1, 0.15) is 0 Å². The van der Waals surface area contributed by atoms with Gasteiger partial charge in [0.05, 0.1) is 7.11 Å². The van der Waals surface area contributed by atoms with Gasteiger partial charge in [-0.3, -0.25) is 4.72 Å². The van der Waals surface area contributed by atoms with Crippen molar-refractivity contribution in [3.05, 3.63) is 41.3 Å². The topological polar surface area (TPSA) is 97.0 Å². The number of fused-ring (bicyclic) bond motifs is 1. The van der Waals surface area contributed by atoms with Crippen molar-refractivity contribution in [1.82, 2.24) is 15.0 Å². The molecule has 0 saturated carbocycles. The summed E-state index contributed by atoms with van der Waals surface area (Å²) in [6.45, 7) is 0. The first kappa shape index (κ1) is 16.4. The zero-order valence-corrected chi connectivity index (χ0v) is 13.5. The molecule has 0 radical (unpaired) electrons. The number of ether oxygens (including phenoxy) is 1. The van der Waals surface area contributed by atoms with Gasteiger partial charge in [-0.1, -0.05) is 11.6 Å². The predicted octanol–water partition coefficient (Wildman–Crippen LogP) is 2.70. The first-order valence-electron chi connectivity index (χ1n) is 6.38. The molecule has 0 spiro atoms. The molecule has 0 aliphatic rings. The summed E-state index contributed by atoms with van der Waals surface area (Å²) in [5.41, 5.74) is -0.410. The number of halogens is 3. The van der Waals surface area contributed by atoms with Crippen LogP contribution in [0.2, 0.25) is 5.15 Å². The molecule has 2 N–H and O–H groups in total. The number of sulfonamides is 1. The molecule has 3 aromatic heterocycles. The van der Waals surface area contributed by atoms with Crippen LogP contribution in [-0.4, -0.2) is 30.5 Å². The van der Waals surface area contributed by atoms with Gasteiger partial charge in [-0.05, 0) is 12.1 Å². The number of H-pyrrole nitrogens is 1. The molecule has 0 aromatic carbocycles. The fourth-order valence-electron chi connectivity index (χ4n) is 2.04. The molecule has 24 heavy (non-hydrogen) atoms. The lowest BCUT2D eigenvalue weighted by molar-refractivity contribution is 0.360. The number of rotatable bonds is 4. The average molecular weight is 375 g/mol. The predicted molar refractivity (Wildman–Crippen MR) is 82.6 cm³/mol. The Bertz CT molecular complexity index is 1040. The minimum Gasteiger partial charge on any atom is -0.479 e. The maximum atomic E-state index is 13.8. The van der Waals surface area contributed by atoms with Crippen LogP contribution in [0, 0.1) is 11.8 Å². The maximum Gasteiger partial charge on any atom is 0.264 e. The smallest absolute Gasteiger partial charge is 0.264 e. The molecular weight excluding hydrogens is 366 g/mol. The van der Waals surface area contributed by atoms with E-state index >= 15 is 0 Å². The van der Waals surface area contributed by atoms with Crippen molar-refractivity contribution in [1.29, 1.82) is 0 Å². The number of pyridine rings is 2. The molecule has 0 bridgehead atoms. The molecule has 126 valence electrons. The maximum absolute atomic E-state index is 13.8. The van der Waals surface area contributed by atoms with Gasteiger partial charge in [0.15, 0.2) is 5.82 Å². The number of aromatic amines is 1. The molecular formula is C13H9ClF2N4O3S. The fraction of sp³-hybridized carbons (Fsp3) is 0.0769. The van der Waals surface area contributed by atoms with E-state index in [4.69, 9.17) is 11.6 Å². The number of nitrogens with one attached hydrogen (secondary N) is 2. The minimum absolute atomic E-state index is 0.175. The van der Waals surface area contributed by atoms with Gasteiger partial charge in [-0.15, -0.1) is 0 Å². The zero-order valence-electron chi connectivity index (χ0n) is 12.0. The van der Waals surface area contributed by atoms with Gasteiger partial charge in [0.25, 0.3) is 15.9 Å². The molecule has 0 saturated heterocycles. The number of nitrogens with zero attached hydrogens (tertiary/aromatic N) is 2. The highest BCUT2D eigenvalue weighted by Crippen LogP contribution is 2.27. The van der Waals surface area contributed by atoms with Gasteiger partial charge in [-0.25, -0.2) is 17.8 Å². The van der Waals surface area contributed by atoms with E-state index in [1.807, 2.05) is 4.72 Å². The van der Waals surface area contributed by atoms with E-state index < -0.39 is 33.4 Å². The van der Waals surface area contributed by atoms with Gasteiger partial charge in [0.2, 0.25) is 5.95 Å². The van der Waals surface area contributed by atoms with Crippen LogP contribution < -0.4 is 9.46 Å². The van der Waals surface area contributed by atoms with Crippen molar-refractivity contribution >= 4 is 38.3 Å². The van der Waals surface area contributed by atoms with Crippen LogP contribution in [0.15, 0.2) is 29.3 Å². The summed E-state index contributed by atoms with van der Waals surface area (Å²) < 4.78 is 58.8. The van der Waals surface area contributed by atoms with Gasteiger partial charge in [-0.2, -0.15) is 9.37 Å². The van der Waals surface area contributed by atoms with E-state index in [1.165, 1.54) is 18.3 Å². The van der Waals surface area contributed by atoms with Crippen LogP contribution in [-0.2, 0) is 10.0 Å². The van der Waals surface area contributed by atoms with Crippen molar-refractivity contribution in [2.24, 2.45) is 0 Å². The number of methoxy groups -OCH3 is 1. The summed E-state index contributed by atoms with van der Waals surface area (Å²) in [6.07, 6.45) is 1.17. The Morgan fingerprint density at radius 2 is 2.04 bits per heavy atom. The lowest BCUT2D eigenvalue weighted by Gasteiger charge is -2.09. The molecule has 0 unspecified atom stereocenters. The quantitative estimate of drug-likeness (QED) is 0.684. The standard InChI is InChI=1S/C13H9ClF2N4O3S/c1-23-13-7(15)4-8(11(16)19-13)20-24(21,22)9-5-17-12-6(9)2-3-10(14)18-12/h2-5,20H,1H3,(H,17,18). The lowest BCUT2D eigenvalue weighted by atomic mass is 10.3. The average Bonchev–Trinajstić information content (AvgIpc) is 2.94. The lowest BCUT2D eigenvalue weighted by Crippen LogP contribution is -2.14. The second-order valence-electron chi connectivity index (χ2n) is 4.61. The number of hydrogen-bond donors (Lipinski definition) is 2. The SMILES string of the molecule is COc1nc(F)c(NS(=O)(=O)c2c[nH]c3nc(Cl)ccc23)cc1F. The normalized spacial score (nSPS) is 11.7. The zero-order chi connectivity index (χ0) is 17.5. The number of aromatic nitrogens is 3. The summed E-state index contributed by atoms with van der Waals surface area (Å²) in [7, 11) is -3.11. The van der Waals surface area contributed by atoms with E-state index in [0.717, 1.165) is 7.11 Å². The summed E-state index contributed by atoms with van der Waals surface area (Å²) in [5.74, 6) is -2.82. The van der Waals surface area contributed by atoms with Crippen LogP contribution in [0.5, 0.6) is 5.88 Å². The Morgan fingerprint density at radius 1 is 1.29 bits per heavy atom. The second kappa shape index (κ2) is 5.87. The molecule has 0 aliphatic heterocycles. The summed E-state index contributed by atoms with van der Waals surface area (Å²) in [4.78, 5) is 9.58. The Labute approximate surface area is 139 Å². The fourth-order valence-corrected chi connectivity index (χ4v) is 3.40. The third-order valence-electron chi connectivity index (χ3n) is 3.09. The molecule has 0 fully saturated rings. The van der Waals surface area contributed by atoms with E-state index in [1.54, 1.807) is 0 Å². The highest BCUT2D eigenvalue weighted by molar-refractivity contribution is 7.93. The molecule has 7 nitrogen and oxygen atoms in total. The summed E-state index contributed by atoms with van der Waals surface area (Å²) >= 11 is 5.73. The monoisotopic (exact) mass is 374 g/mol. The molecule has 0 atom stereocenters. The van der Waals surface area contributed by atoms with Gasteiger partial charge < -0.3 is 9.72 Å². The van der Waals surface area contributed by atoms with E-state index in [2.05, 4.69) is 19.7 Å². The second-order valence-corrected chi connectivity index (χ2v) is 6.64. The van der Waals surface area contributed by atoms with Crippen molar-refractivity contribution in [3.8, 4) is 5.88 Å². The molecule has 3 heterocycles. The minimum atomic E-state index is -4.22. The highest BCUT2D eigenvalue weighted by atomic mass is 35.5. The van der Waals surface area contributed by atoms with E-state index in [9.17, 15) is 17.2 Å². The van der Waals surface area contributed by atoms with Crippen molar-refractivity contribution < 1.29 is 21.9 Å². The van der Waals surface area contributed by atoms with Gasteiger partial charge in [0.1, 0.15) is 21.4 Å². The van der Waals surface area contributed by atoms with Crippen molar-refractivity contribution in [2.45, 2.75) is 4.90 Å². The molecule has 3 rings (SSSR count).